The van der Waals surface area contributed by atoms with Crippen LogP contribution in [0.3, 0.4) is 0 Å². The Morgan fingerprint density at radius 1 is 1.08 bits per heavy atom. The third-order valence-electron chi connectivity index (χ3n) is 3.30. The van der Waals surface area contributed by atoms with Crippen molar-refractivity contribution in [1.82, 2.24) is 5.43 Å². The highest BCUT2D eigenvalue weighted by Crippen LogP contribution is 2.20. The number of nitriles is 1. The molecular formula is C19H19ClN4O. The van der Waals surface area contributed by atoms with Crippen molar-refractivity contribution in [3.8, 4) is 6.07 Å². The molecule has 0 saturated carbocycles. The average Bonchev–Trinajstić information content (AvgIpc) is 2.59. The van der Waals surface area contributed by atoms with Crippen LogP contribution in [0, 0.1) is 16.7 Å². The summed E-state index contributed by atoms with van der Waals surface area (Å²) in [7, 11) is 0. The van der Waals surface area contributed by atoms with Crippen LogP contribution >= 0.6 is 11.6 Å². The summed E-state index contributed by atoms with van der Waals surface area (Å²) in [6.45, 7) is 5.49. The van der Waals surface area contributed by atoms with Gasteiger partial charge in [-0.25, -0.2) is 4.99 Å². The SMILES string of the molecule is CC(C)(C)C(=O)C(=Nc1ccc(Cl)cc1)NNc1ccc(C#N)cc1. The van der Waals surface area contributed by atoms with Gasteiger partial charge in [0.25, 0.3) is 0 Å². The van der Waals surface area contributed by atoms with Crippen molar-refractivity contribution in [3.05, 3.63) is 59.1 Å². The van der Waals surface area contributed by atoms with E-state index in [0.717, 1.165) is 0 Å². The molecule has 0 aliphatic carbocycles. The zero-order chi connectivity index (χ0) is 18.4. The molecule has 0 fully saturated rings. The molecular weight excluding hydrogens is 336 g/mol. The largest absolute Gasteiger partial charge is 0.300 e. The maximum absolute atomic E-state index is 12.7. The summed E-state index contributed by atoms with van der Waals surface area (Å²) in [4.78, 5) is 17.1. The van der Waals surface area contributed by atoms with E-state index in [1.165, 1.54) is 0 Å². The van der Waals surface area contributed by atoms with Crippen LogP contribution in [-0.4, -0.2) is 11.6 Å². The highest BCUT2D eigenvalue weighted by molar-refractivity contribution is 6.41. The van der Waals surface area contributed by atoms with E-state index in [4.69, 9.17) is 16.9 Å². The fourth-order valence-corrected chi connectivity index (χ4v) is 2.02. The molecule has 0 atom stereocenters. The molecule has 0 unspecified atom stereocenters. The van der Waals surface area contributed by atoms with Gasteiger partial charge in [-0.05, 0) is 48.5 Å². The van der Waals surface area contributed by atoms with Gasteiger partial charge in [-0.3, -0.25) is 15.6 Å². The number of carbonyl (C=O) groups excluding carboxylic acids is 1. The number of amidine groups is 1. The van der Waals surface area contributed by atoms with Crippen LogP contribution in [0.1, 0.15) is 26.3 Å². The molecule has 128 valence electrons. The number of Topliss-reactive ketones (excluding diaryl/α,β-unsaturated/α-hetero) is 1. The molecule has 2 aromatic carbocycles. The van der Waals surface area contributed by atoms with Gasteiger partial charge < -0.3 is 0 Å². The number of hydrogen-bond acceptors (Lipinski definition) is 4. The van der Waals surface area contributed by atoms with Crippen molar-refractivity contribution in [1.29, 1.82) is 5.26 Å². The molecule has 2 rings (SSSR count). The number of hydrazine groups is 1. The van der Waals surface area contributed by atoms with Crippen LogP contribution < -0.4 is 10.9 Å². The highest BCUT2D eigenvalue weighted by Gasteiger charge is 2.26. The summed E-state index contributed by atoms with van der Waals surface area (Å²) in [6.07, 6.45) is 0. The Morgan fingerprint density at radius 3 is 2.20 bits per heavy atom. The van der Waals surface area contributed by atoms with Gasteiger partial charge in [0.15, 0.2) is 5.84 Å². The third-order valence-corrected chi connectivity index (χ3v) is 3.56. The molecule has 2 N–H and O–H groups in total. The molecule has 0 aliphatic heterocycles. The Kier molecular flexibility index (Phi) is 5.79. The van der Waals surface area contributed by atoms with Crippen molar-refractivity contribution in [2.45, 2.75) is 20.8 Å². The van der Waals surface area contributed by atoms with Crippen LogP contribution in [0.4, 0.5) is 11.4 Å². The number of nitrogens with zero attached hydrogens (tertiary/aromatic N) is 2. The number of hydrogen-bond donors (Lipinski definition) is 2. The van der Waals surface area contributed by atoms with Crippen molar-refractivity contribution < 1.29 is 4.79 Å². The first kappa shape index (κ1) is 18.5. The molecule has 6 heteroatoms. The molecule has 0 aromatic heterocycles. The zero-order valence-electron chi connectivity index (χ0n) is 14.3. The van der Waals surface area contributed by atoms with Gasteiger partial charge in [0.1, 0.15) is 0 Å². The van der Waals surface area contributed by atoms with E-state index >= 15 is 0 Å². The molecule has 0 heterocycles. The molecule has 0 spiro atoms. The number of carbonyl (C=O) groups is 1. The van der Waals surface area contributed by atoms with Crippen molar-refractivity contribution in [2.24, 2.45) is 10.4 Å². The van der Waals surface area contributed by atoms with Crippen LogP contribution in [0.5, 0.6) is 0 Å². The molecule has 0 bridgehead atoms. The van der Waals surface area contributed by atoms with Crippen molar-refractivity contribution >= 4 is 34.6 Å². The molecule has 0 amide bonds. The van der Waals surface area contributed by atoms with Crippen LogP contribution in [-0.2, 0) is 4.79 Å². The number of benzene rings is 2. The van der Waals surface area contributed by atoms with E-state index < -0.39 is 5.41 Å². The zero-order valence-corrected chi connectivity index (χ0v) is 15.1. The minimum Gasteiger partial charge on any atom is -0.300 e. The highest BCUT2D eigenvalue weighted by atomic mass is 35.5. The standard InChI is InChI=1S/C19H19ClN4O/c1-19(2,3)17(25)18(22-15-10-6-14(20)7-11-15)24-23-16-8-4-13(12-21)5-9-16/h4-11,23H,1-3H3,(H,22,24). The summed E-state index contributed by atoms with van der Waals surface area (Å²) in [5.41, 5.74) is 7.12. The number of nitrogens with one attached hydrogen (secondary N) is 2. The van der Waals surface area contributed by atoms with Gasteiger partial charge >= 0.3 is 0 Å². The van der Waals surface area contributed by atoms with Crippen LogP contribution in [0.2, 0.25) is 5.02 Å². The second-order valence-electron chi connectivity index (χ2n) is 6.46. The predicted molar refractivity (Wildman–Crippen MR) is 101 cm³/mol. The topological polar surface area (TPSA) is 77.3 Å². The quantitative estimate of drug-likeness (QED) is 0.482. The summed E-state index contributed by atoms with van der Waals surface area (Å²) in [5.74, 6) is 0.0581. The minimum atomic E-state index is -0.593. The lowest BCUT2D eigenvalue weighted by Crippen LogP contribution is -2.41. The molecule has 0 radical (unpaired) electrons. The predicted octanol–water partition coefficient (Wildman–Crippen LogP) is 4.47. The van der Waals surface area contributed by atoms with E-state index in [1.807, 2.05) is 20.8 Å². The Hall–Kier alpha value is -2.84. The second-order valence-corrected chi connectivity index (χ2v) is 6.89. The lowest BCUT2D eigenvalue weighted by Gasteiger charge is -2.19. The average molecular weight is 355 g/mol. The molecule has 25 heavy (non-hydrogen) atoms. The first-order valence-corrected chi connectivity index (χ1v) is 8.08. The lowest BCUT2D eigenvalue weighted by atomic mass is 9.90. The summed E-state index contributed by atoms with van der Waals surface area (Å²) in [5, 5.41) is 9.44. The monoisotopic (exact) mass is 354 g/mol. The van der Waals surface area contributed by atoms with Gasteiger partial charge in [-0.1, -0.05) is 32.4 Å². The van der Waals surface area contributed by atoms with Crippen molar-refractivity contribution in [2.75, 3.05) is 5.43 Å². The van der Waals surface area contributed by atoms with E-state index in [9.17, 15) is 4.79 Å². The minimum absolute atomic E-state index is 0.136. The Balaban J connectivity index is 2.23. The number of halogens is 1. The van der Waals surface area contributed by atoms with E-state index in [1.54, 1.807) is 48.5 Å². The fraction of sp³-hybridized carbons (Fsp3) is 0.211. The first-order chi connectivity index (χ1) is 11.8. The normalized spacial score (nSPS) is 11.6. The summed E-state index contributed by atoms with van der Waals surface area (Å²) >= 11 is 5.88. The molecule has 0 saturated heterocycles. The van der Waals surface area contributed by atoms with Crippen molar-refractivity contribution in [3.63, 3.8) is 0 Å². The van der Waals surface area contributed by atoms with Gasteiger partial charge in [0, 0.05) is 10.4 Å². The lowest BCUT2D eigenvalue weighted by molar-refractivity contribution is -0.119. The van der Waals surface area contributed by atoms with E-state index in [0.29, 0.717) is 22.0 Å². The molecule has 2 aromatic rings. The Morgan fingerprint density at radius 2 is 1.68 bits per heavy atom. The number of ketones is 1. The van der Waals surface area contributed by atoms with Crippen LogP contribution in [0.25, 0.3) is 0 Å². The molecule has 5 nitrogen and oxygen atoms in total. The first-order valence-electron chi connectivity index (χ1n) is 7.71. The maximum Gasteiger partial charge on any atom is 0.204 e. The Bertz CT molecular complexity index is 812. The number of rotatable bonds is 4. The number of anilines is 1. The van der Waals surface area contributed by atoms with E-state index in [2.05, 4.69) is 21.9 Å². The van der Waals surface area contributed by atoms with Gasteiger partial charge in [0.2, 0.25) is 5.78 Å². The number of aliphatic imine (C=N–C) groups is 1. The third kappa shape index (κ3) is 5.33. The Labute approximate surface area is 152 Å². The van der Waals surface area contributed by atoms with Gasteiger partial charge in [-0.15, -0.1) is 0 Å². The van der Waals surface area contributed by atoms with Gasteiger partial charge in [0.05, 0.1) is 23.0 Å². The van der Waals surface area contributed by atoms with Gasteiger partial charge in [-0.2, -0.15) is 5.26 Å². The molecule has 0 aliphatic rings. The van der Waals surface area contributed by atoms with E-state index in [-0.39, 0.29) is 11.6 Å². The summed E-state index contributed by atoms with van der Waals surface area (Å²) in [6, 6.07) is 15.8. The maximum atomic E-state index is 12.7. The second kappa shape index (κ2) is 7.82. The fourth-order valence-electron chi connectivity index (χ4n) is 1.89. The smallest absolute Gasteiger partial charge is 0.204 e. The van der Waals surface area contributed by atoms with Crippen LogP contribution in [0.15, 0.2) is 53.5 Å². The summed E-state index contributed by atoms with van der Waals surface area (Å²) < 4.78 is 0.